The summed E-state index contributed by atoms with van der Waals surface area (Å²) in [5.41, 5.74) is 3.61. The molecule has 0 aliphatic carbocycles. The van der Waals surface area contributed by atoms with Crippen LogP contribution in [0.1, 0.15) is 33.1 Å². The van der Waals surface area contributed by atoms with E-state index < -0.39 is 11.9 Å². The van der Waals surface area contributed by atoms with Gasteiger partial charge in [-0.25, -0.2) is 0 Å². The summed E-state index contributed by atoms with van der Waals surface area (Å²) in [6, 6.07) is 28.0. The zero-order valence-corrected chi connectivity index (χ0v) is 20.5. The minimum Gasteiger partial charge on any atom is -0.343 e. The first kappa shape index (κ1) is 25.3. The second-order valence-electron chi connectivity index (χ2n) is 8.59. The summed E-state index contributed by atoms with van der Waals surface area (Å²) >= 11 is 0. The number of rotatable bonds is 9. The molecule has 0 radical (unpaired) electrons. The third kappa shape index (κ3) is 6.89. The molecule has 2 N–H and O–H groups in total. The number of nitrogens with one attached hydrogen (secondary N) is 2. The molecule has 37 heavy (non-hydrogen) atoms. The van der Waals surface area contributed by atoms with Crippen molar-refractivity contribution in [1.82, 2.24) is 15.2 Å². The highest BCUT2D eigenvalue weighted by Gasteiger charge is 2.32. The van der Waals surface area contributed by atoms with E-state index in [1.54, 1.807) is 48.8 Å². The molecule has 1 heterocycles. The summed E-state index contributed by atoms with van der Waals surface area (Å²) in [6.45, 7) is 1.88. The summed E-state index contributed by atoms with van der Waals surface area (Å²) in [6.07, 6.45) is 3.17. The number of carbonyl (C=O) groups is 3. The largest absolute Gasteiger partial charge is 0.343 e. The van der Waals surface area contributed by atoms with Gasteiger partial charge in [-0.1, -0.05) is 66.2 Å². The van der Waals surface area contributed by atoms with Gasteiger partial charge in [-0.2, -0.15) is 0 Å². The predicted octanol–water partition coefficient (Wildman–Crippen LogP) is 4.53. The second-order valence-corrected chi connectivity index (χ2v) is 8.59. The van der Waals surface area contributed by atoms with Crippen LogP contribution in [0.5, 0.6) is 0 Å². The second kappa shape index (κ2) is 12.3. The van der Waals surface area contributed by atoms with Gasteiger partial charge in [0.25, 0.3) is 11.8 Å². The van der Waals surface area contributed by atoms with Gasteiger partial charge < -0.3 is 15.5 Å². The van der Waals surface area contributed by atoms with Gasteiger partial charge in [0.1, 0.15) is 6.04 Å². The van der Waals surface area contributed by atoms with Crippen molar-refractivity contribution in [2.24, 2.45) is 0 Å². The number of benzene rings is 3. The maximum atomic E-state index is 13.7. The lowest BCUT2D eigenvalue weighted by atomic mass is 10.0. The van der Waals surface area contributed by atoms with Crippen molar-refractivity contribution in [1.29, 1.82) is 0 Å². The molecule has 0 aliphatic rings. The predicted molar refractivity (Wildman–Crippen MR) is 143 cm³/mol. The van der Waals surface area contributed by atoms with Gasteiger partial charge in [0.15, 0.2) is 0 Å². The number of nitrogens with zero attached hydrogens (tertiary/aromatic N) is 2. The minimum absolute atomic E-state index is 0.176. The zero-order chi connectivity index (χ0) is 26.0. The van der Waals surface area contributed by atoms with Crippen LogP contribution in [-0.4, -0.2) is 34.2 Å². The van der Waals surface area contributed by atoms with E-state index in [9.17, 15) is 14.4 Å². The highest BCUT2D eigenvalue weighted by molar-refractivity contribution is 5.99. The maximum absolute atomic E-state index is 13.7. The van der Waals surface area contributed by atoms with Crippen molar-refractivity contribution in [3.05, 3.63) is 132 Å². The molecule has 0 spiro atoms. The number of aromatic nitrogens is 1. The van der Waals surface area contributed by atoms with Crippen LogP contribution in [0.15, 0.2) is 109 Å². The zero-order valence-electron chi connectivity index (χ0n) is 20.5. The molecule has 3 aromatic carbocycles. The van der Waals surface area contributed by atoms with E-state index in [1.165, 1.54) is 4.90 Å². The lowest BCUT2D eigenvalue weighted by Gasteiger charge is -2.31. The van der Waals surface area contributed by atoms with Gasteiger partial charge in [0.05, 0.1) is 6.54 Å². The Bertz CT molecular complexity index is 1330. The standard InChI is InChI=1S/C30H28N4O3/c1-22-12-14-26(15-13-22)33-30(37)28(24-16-18-31-19-17-24)34(21-23-8-4-2-5-9-23)27(35)20-32-29(36)25-10-6-3-7-11-25/h2-19,28H,20-21H2,1H3,(H,32,36)(H,33,37)/t28-/m0/s1. The molecular formula is C30H28N4O3. The fourth-order valence-electron chi connectivity index (χ4n) is 3.92. The molecule has 0 aliphatic heterocycles. The molecule has 4 rings (SSSR count). The molecule has 7 heteroatoms. The Morgan fingerprint density at radius 2 is 1.43 bits per heavy atom. The quantitative estimate of drug-likeness (QED) is 0.359. The summed E-state index contributed by atoms with van der Waals surface area (Å²) in [4.78, 5) is 45.5. The van der Waals surface area contributed by atoms with Gasteiger partial charge in [-0.3, -0.25) is 19.4 Å². The van der Waals surface area contributed by atoms with E-state index in [0.29, 0.717) is 16.8 Å². The van der Waals surface area contributed by atoms with Crippen molar-refractivity contribution in [2.45, 2.75) is 19.5 Å². The normalized spacial score (nSPS) is 11.3. The van der Waals surface area contributed by atoms with E-state index in [1.807, 2.05) is 67.6 Å². The molecule has 0 saturated heterocycles. The topological polar surface area (TPSA) is 91.4 Å². The van der Waals surface area contributed by atoms with Crippen LogP contribution >= 0.6 is 0 Å². The number of pyridine rings is 1. The first-order chi connectivity index (χ1) is 18.0. The van der Waals surface area contributed by atoms with Crippen molar-refractivity contribution >= 4 is 23.4 Å². The Kier molecular flexibility index (Phi) is 8.39. The van der Waals surface area contributed by atoms with Crippen molar-refractivity contribution in [3.63, 3.8) is 0 Å². The lowest BCUT2D eigenvalue weighted by Crippen LogP contribution is -2.45. The van der Waals surface area contributed by atoms with Crippen LogP contribution in [0.3, 0.4) is 0 Å². The smallest absolute Gasteiger partial charge is 0.251 e. The van der Waals surface area contributed by atoms with Crippen molar-refractivity contribution in [2.75, 3.05) is 11.9 Å². The van der Waals surface area contributed by atoms with Gasteiger partial charge in [-0.05, 0) is 54.4 Å². The van der Waals surface area contributed by atoms with Gasteiger partial charge in [0.2, 0.25) is 5.91 Å². The molecule has 0 bridgehead atoms. The molecule has 0 unspecified atom stereocenters. The van der Waals surface area contributed by atoms with Gasteiger partial charge in [-0.15, -0.1) is 0 Å². The SMILES string of the molecule is Cc1ccc(NC(=O)[C@H](c2ccncc2)N(Cc2ccccc2)C(=O)CNC(=O)c2ccccc2)cc1. The van der Waals surface area contributed by atoms with Crippen LogP contribution in [0, 0.1) is 6.92 Å². The monoisotopic (exact) mass is 492 g/mol. The summed E-state index contributed by atoms with van der Waals surface area (Å²) in [7, 11) is 0. The number of hydrogen-bond donors (Lipinski definition) is 2. The third-order valence-corrected chi connectivity index (χ3v) is 5.85. The average Bonchev–Trinajstić information content (AvgIpc) is 2.94. The Morgan fingerprint density at radius 3 is 2.08 bits per heavy atom. The highest BCUT2D eigenvalue weighted by atomic mass is 16.2. The molecule has 186 valence electrons. The van der Waals surface area contributed by atoms with Crippen LogP contribution in [0.2, 0.25) is 0 Å². The van der Waals surface area contributed by atoms with E-state index in [2.05, 4.69) is 15.6 Å². The van der Waals surface area contributed by atoms with Crippen molar-refractivity contribution in [3.8, 4) is 0 Å². The van der Waals surface area contributed by atoms with E-state index in [-0.39, 0.29) is 24.9 Å². The molecule has 4 aromatic rings. The van der Waals surface area contributed by atoms with Crippen LogP contribution < -0.4 is 10.6 Å². The molecule has 0 saturated carbocycles. The van der Waals surface area contributed by atoms with E-state index in [4.69, 9.17) is 0 Å². The lowest BCUT2D eigenvalue weighted by molar-refractivity contribution is -0.138. The van der Waals surface area contributed by atoms with E-state index >= 15 is 0 Å². The summed E-state index contributed by atoms with van der Waals surface area (Å²) in [5, 5.41) is 5.63. The number of hydrogen-bond acceptors (Lipinski definition) is 4. The van der Waals surface area contributed by atoms with Crippen molar-refractivity contribution < 1.29 is 14.4 Å². The number of aryl methyl sites for hydroxylation is 1. The molecule has 1 atom stereocenters. The Hall–Kier alpha value is -4.78. The number of carbonyl (C=O) groups excluding carboxylic acids is 3. The average molecular weight is 493 g/mol. The minimum atomic E-state index is -0.953. The third-order valence-electron chi connectivity index (χ3n) is 5.85. The van der Waals surface area contributed by atoms with Gasteiger partial charge in [0, 0.05) is 30.2 Å². The number of anilines is 1. The summed E-state index contributed by atoms with van der Waals surface area (Å²) < 4.78 is 0. The first-order valence-electron chi connectivity index (χ1n) is 12.0. The Balaban J connectivity index is 1.63. The first-order valence-corrected chi connectivity index (χ1v) is 12.0. The molecule has 3 amide bonds. The molecular weight excluding hydrogens is 464 g/mol. The maximum Gasteiger partial charge on any atom is 0.251 e. The van der Waals surface area contributed by atoms with Crippen LogP contribution in [0.4, 0.5) is 5.69 Å². The Morgan fingerprint density at radius 1 is 0.811 bits per heavy atom. The molecule has 1 aromatic heterocycles. The summed E-state index contributed by atoms with van der Waals surface area (Å²) in [5.74, 6) is -1.12. The fourth-order valence-corrected chi connectivity index (χ4v) is 3.92. The molecule has 7 nitrogen and oxygen atoms in total. The van der Waals surface area contributed by atoms with Crippen LogP contribution in [0.25, 0.3) is 0 Å². The van der Waals surface area contributed by atoms with Crippen LogP contribution in [-0.2, 0) is 16.1 Å². The van der Waals surface area contributed by atoms with E-state index in [0.717, 1.165) is 11.1 Å². The van der Waals surface area contributed by atoms with Gasteiger partial charge >= 0.3 is 0 Å². The number of amides is 3. The highest BCUT2D eigenvalue weighted by Crippen LogP contribution is 2.25. The molecule has 0 fully saturated rings. The fraction of sp³-hybridized carbons (Fsp3) is 0.133. The Labute approximate surface area is 216 Å².